The molecule has 0 spiro atoms. The lowest BCUT2D eigenvalue weighted by atomic mass is 10.2. The fourth-order valence-corrected chi connectivity index (χ4v) is 2.97. The molecule has 32 heavy (non-hydrogen) atoms. The monoisotopic (exact) mass is 553 g/mol. The normalized spacial score (nSPS) is 9.53. The summed E-state index contributed by atoms with van der Waals surface area (Å²) in [5.41, 5.74) is 7.10. The van der Waals surface area contributed by atoms with E-state index in [0.717, 1.165) is 69.7 Å². The second-order valence-electron chi connectivity index (χ2n) is 6.88. The quantitative estimate of drug-likeness (QED) is 0.211. The van der Waals surface area contributed by atoms with Gasteiger partial charge in [-0.2, -0.15) is 0 Å². The number of phenols is 1. The summed E-state index contributed by atoms with van der Waals surface area (Å²) in [7, 11) is 0. The van der Waals surface area contributed by atoms with E-state index >= 15 is 0 Å². The van der Waals surface area contributed by atoms with Crippen LogP contribution < -0.4 is 21.7 Å². The minimum absolute atomic E-state index is 0. The maximum absolute atomic E-state index is 9.89. The third kappa shape index (κ3) is 16.4. The van der Waals surface area contributed by atoms with E-state index in [1.807, 2.05) is 24.3 Å². The molecule has 2 aromatic rings. The van der Waals surface area contributed by atoms with Crippen LogP contribution in [-0.4, -0.2) is 49.4 Å². The molecule has 1 heterocycles. The summed E-state index contributed by atoms with van der Waals surface area (Å²) >= 11 is 0. The zero-order valence-corrected chi connectivity index (χ0v) is 22.5. The van der Waals surface area contributed by atoms with Gasteiger partial charge >= 0.3 is 0 Å². The molecule has 0 saturated heterocycles. The number of nitrogens with one attached hydrogen (secondary N) is 3. The third-order valence-electron chi connectivity index (χ3n) is 4.53. The Morgan fingerprint density at radius 1 is 0.688 bits per heavy atom. The third-order valence-corrected chi connectivity index (χ3v) is 4.53. The van der Waals surface area contributed by atoms with E-state index in [4.69, 9.17) is 5.73 Å². The molecule has 6 nitrogen and oxygen atoms in total. The van der Waals surface area contributed by atoms with E-state index < -0.39 is 0 Å². The van der Waals surface area contributed by atoms with Crippen molar-refractivity contribution in [2.24, 2.45) is 5.73 Å². The molecule has 0 radical (unpaired) electrons. The summed E-state index contributed by atoms with van der Waals surface area (Å²) < 4.78 is 0. The molecule has 11 heteroatoms. The zero-order valence-electron chi connectivity index (χ0n) is 18.4. The van der Waals surface area contributed by atoms with Crippen LogP contribution >= 0.6 is 62.0 Å². The standard InChI is InChI=1S/C21H35N5O.5ClH/c22-11-1-2-12-23-13-3-4-14-24-15-6-16-25-17-19-10-9-18-7-5-8-20(27)21(18)26-19;;;;;/h5,7-10,23-25,27H,1-4,6,11-17,22H2;5*1H. The number of fused-ring (bicyclic) bond motifs is 1. The van der Waals surface area contributed by atoms with E-state index in [9.17, 15) is 5.11 Å². The molecule has 0 amide bonds. The predicted molar refractivity (Wildman–Crippen MR) is 149 cm³/mol. The van der Waals surface area contributed by atoms with Crippen LogP contribution in [0.25, 0.3) is 10.9 Å². The van der Waals surface area contributed by atoms with Crippen molar-refractivity contribution in [1.82, 2.24) is 20.9 Å². The first-order valence-corrected chi connectivity index (χ1v) is 10.2. The highest BCUT2D eigenvalue weighted by Gasteiger charge is 2.02. The van der Waals surface area contributed by atoms with E-state index in [2.05, 4.69) is 20.9 Å². The van der Waals surface area contributed by atoms with E-state index in [1.54, 1.807) is 6.07 Å². The molecule has 0 fully saturated rings. The second-order valence-corrected chi connectivity index (χ2v) is 6.88. The van der Waals surface area contributed by atoms with Gasteiger partial charge in [0, 0.05) is 11.9 Å². The maximum Gasteiger partial charge on any atom is 0.141 e. The number of halogens is 5. The molecule has 0 unspecified atom stereocenters. The van der Waals surface area contributed by atoms with Crippen molar-refractivity contribution >= 4 is 72.9 Å². The van der Waals surface area contributed by atoms with Crippen molar-refractivity contribution in [3.05, 3.63) is 36.0 Å². The lowest BCUT2D eigenvalue weighted by molar-refractivity contribution is 0.480. The van der Waals surface area contributed by atoms with Crippen LogP contribution in [-0.2, 0) is 6.54 Å². The first-order valence-electron chi connectivity index (χ1n) is 10.2. The Hall–Kier alpha value is -0.280. The number of unbranched alkanes of at least 4 members (excludes halogenated alkanes) is 2. The Labute approximate surface area is 223 Å². The summed E-state index contributed by atoms with van der Waals surface area (Å²) in [4.78, 5) is 4.53. The molecule has 190 valence electrons. The highest BCUT2D eigenvalue weighted by molar-refractivity contribution is 5.86. The average Bonchev–Trinajstić information content (AvgIpc) is 2.69. The fraction of sp³-hybridized carbons (Fsp3) is 0.571. The van der Waals surface area contributed by atoms with Gasteiger partial charge in [0.1, 0.15) is 11.3 Å². The van der Waals surface area contributed by atoms with Crippen molar-refractivity contribution in [3.8, 4) is 5.75 Å². The molecule has 0 aliphatic heterocycles. The number of rotatable bonds is 15. The van der Waals surface area contributed by atoms with Gasteiger partial charge in [0.2, 0.25) is 0 Å². The molecule has 2 rings (SSSR count). The van der Waals surface area contributed by atoms with Crippen LogP contribution in [0.3, 0.4) is 0 Å². The van der Waals surface area contributed by atoms with Crippen LogP contribution in [0.5, 0.6) is 5.75 Å². The van der Waals surface area contributed by atoms with Crippen molar-refractivity contribution in [3.63, 3.8) is 0 Å². The van der Waals surface area contributed by atoms with Gasteiger partial charge in [-0.1, -0.05) is 18.2 Å². The lowest BCUT2D eigenvalue weighted by Crippen LogP contribution is -2.23. The Balaban J connectivity index is -0.000000784. The number of benzene rings is 1. The number of nitrogens with two attached hydrogens (primary N) is 1. The smallest absolute Gasteiger partial charge is 0.141 e. The Bertz CT molecular complexity index is 670. The lowest BCUT2D eigenvalue weighted by Gasteiger charge is -2.08. The molecule has 6 N–H and O–H groups in total. The molecular weight excluding hydrogens is 516 g/mol. The summed E-state index contributed by atoms with van der Waals surface area (Å²) in [6.45, 7) is 6.77. The number of aromatic hydroxyl groups is 1. The summed E-state index contributed by atoms with van der Waals surface area (Å²) in [6.07, 6.45) is 5.81. The topological polar surface area (TPSA) is 95.2 Å². The maximum atomic E-state index is 9.89. The average molecular weight is 556 g/mol. The zero-order chi connectivity index (χ0) is 19.2. The van der Waals surface area contributed by atoms with Crippen LogP contribution in [0.2, 0.25) is 0 Å². The van der Waals surface area contributed by atoms with Gasteiger partial charge in [0.25, 0.3) is 0 Å². The fourth-order valence-electron chi connectivity index (χ4n) is 2.97. The second kappa shape index (κ2) is 25.3. The number of aromatic nitrogens is 1. The molecule has 1 aromatic heterocycles. The minimum Gasteiger partial charge on any atom is -0.506 e. The van der Waals surface area contributed by atoms with Crippen LogP contribution in [0.15, 0.2) is 30.3 Å². The first-order chi connectivity index (χ1) is 13.3. The Kier molecular flexibility index (Phi) is 30.9. The molecule has 0 aliphatic rings. The number of hydrogen-bond donors (Lipinski definition) is 5. The van der Waals surface area contributed by atoms with Gasteiger partial charge in [0.15, 0.2) is 0 Å². The molecule has 0 saturated carbocycles. The SMILES string of the molecule is Cl.Cl.Cl.Cl.Cl.NCCCCNCCCCNCCCNCc1ccc2cccc(O)c2n1. The van der Waals surface area contributed by atoms with Crippen molar-refractivity contribution < 1.29 is 5.11 Å². The van der Waals surface area contributed by atoms with Crippen molar-refractivity contribution in [1.29, 1.82) is 0 Å². The number of nitrogens with zero attached hydrogens (tertiary/aromatic N) is 1. The van der Waals surface area contributed by atoms with Gasteiger partial charge in [0.05, 0.1) is 5.69 Å². The largest absolute Gasteiger partial charge is 0.506 e. The van der Waals surface area contributed by atoms with E-state index in [-0.39, 0.29) is 67.8 Å². The highest BCUT2D eigenvalue weighted by Crippen LogP contribution is 2.22. The molecular formula is C21H40Cl5N5O. The molecule has 1 aromatic carbocycles. The first kappa shape index (κ1) is 39.0. The van der Waals surface area contributed by atoms with Crippen molar-refractivity contribution in [2.45, 2.75) is 38.6 Å². The minimum atomic E-state index is 0. The summed E-state index contributed by atoms with van der Waals surface area (Å²) in [5.74, 6) is 0.240. The summed E-state index contributed by atoms with van der Waals surface area (Å²) in [5, 5.41) is 21.2. The number of phenolic OH excluding ortho intramolecular Hbond substituents is 1. The highest BCUT2D eigenvalue weighted by atomic mass is 35.5. The van der Waals surface area contributed by atoms with Gasteiger partial charge in [-0.15, -0.1) is 62.0 Å². The van der Waals surface area contributed by atoms with Gasteiger partial charge in [-0.25, -0.2) is 4.98 Å². The molecule has 0 bridgehead atoms. The van der Waals surface area contributed by atoms with Gasteiger partial charge < -0.3 is 26.8 Å². The number of para-hydroxylation sites is 1. The van der Waals surface area contributed by atoms with E-state index in [1.165, 1.54) is 19.3 Å². The Morgan fingerprint density at radius 2 is 1.25 bits per heavy atom. The van der Waals surface area contributed by atoms with Gasteiger partial charge in [-0.05, 0) is 83.5 Å². The van der Waals surface area contributed by atoms with E-state index in [0.29, 0.717) is 5.52 Å². The Morgan fingerprint density at radius 3 is 1.88 bits per heavy atom. The van der Waals surface area contributed by atoms with Crippen LogP contribution in [0, 0.1) is 0 Å². The number of hydrogen-bond acceptors (Lipinski definition) is 6. The van der Waals surface area contributed by atoms with Crippen molar-refractivity contribution in [2.75, 3.05) is 39.3 Å². The molecule has 0 atom stereocenters. The summed E-state index contributed by atoms with van der Waals surface area (Å²) in [6, 6.07) is 9.49. The molecule has 0 aliphatic carbocycles. The van der Waals surface area contributed by atoms with Crippen LogP contribution in [0.4, 0.5) is 0 Å². The predicted octanol–water partition coefficient (Wildman–Crippen LogP) is 4.23. The van der Waals surface area contributed by atoms with Crippen LogP contribution in [0.1, 0.15) is 37.8 Å². The number of pyridine rings is 1. The van der Waals surface area contributed by atoms with Gasteiger partial charge in [-0.3, -0.25) is 0 Å².